The summed E-state index contributed by atoms with van der Waals surface area (Å²) >= 11 is 0. The van der Waals surface area contributed by atoms with Gasteiger partial charge < -0.3 is 10.1 Å². The molecule has 1 aromatic rings. The van der Waals surface area contributed by atoms with Gasteiger partial charge in [0.1, 0.15) is 6.29 Å². The summed E-state index contributed by atoms with van der Waals surface area (Å²) in [5, 5.41) is 3.02. The first kappa shape index (κ1) is 17.8. The second-order valence-corrected chi connectivity index (χ2v) is 5.30. The molecule has 1 aromatic carbocycles. The minimum atomic E-state index is 0.797. The molecule has 1 saturated heterocycles. The zero-order valence-corrected chi connectivity index (χ0v) is 13.5. The Morgan fingerprint density at radius 1 is 1.33 bits per heavy atom. The lowest BCUT2D eigenvalue weighted by atomic mass is 10.1. The van der Waals surface area contributed by atoms with Gasteiger partial charge in [0.25, 0.3) is 0 Å². The van der Waals surface area contributed by atoms with Crippen LogP contribution in [0.2, 0.25) is 0 Å². The minimum absolute atomic E-state index is 0.797. The Kier molecular flexibility index (Phi) is 8.90. The zero-order valence-electron chi connectivity index (χ0n) is 13.5. The van der Waals surface area contributed by atoms with E-state index in [9.17, 15) is 4.79 Å². The summed E-state index contributed by atoms with van der Waals surface area (Å²) in [5.41, 5.74) is 3.04. The molecule has 0 amide bonds. The molecule has 0 aliphatic carbocycles. The van der Waals surface area contributed by atoms with Crippen molar-refractivity contribution in [3.63, 3.8) is 0 Å². The van der Waals surface area contributed by atoms with Gasteiger partial charge in [0.05, 0.1) is 13.2 Å². The highest BCUT2D eigenvalue weighted by Crippen LogP contribution is 2.12. The van der Waals surface area contributed by atoms with E-state index in [0.717, 1.165) is 56.8 Å². The minimum Gasteiger partial charge on any atom is -0.379 e. The summed E-state index contributed by atoms with van der Waals surface area (Å²) in [4.78, 5) is 13.2. The average molecular weight is 292 g/mol. The number of rotatable bonds is 5. The number of aryl methyl sites for hydroxylation is 1. The molecule has 0 bridgehead atoms. The molecule has 21 heavy (non-hydrogen) atoms. The van der Waals surface area contributed by atoms with E-state index in [1.54, 1.807) is 0 Å². The summed E-state index contributed by atoms with van der Waals surface area (Å²) in [6, 6.07) is 6.09. The molecule has 118 valence electrons. The molecule has 0 radical (unpaired) electrons. The van der Waals surface area contributed by atoms with Gasteiger partial charge in [-0.1, -0.05) is 19.1 Å². The van der Waals surface area contributed by atoms with E-state index in [-0.39, 0.29) is 0 Å². The molecule has 4 heteroatoms. The van der Waals surface area contributed by atoms with Gasteiger partial charge >= 0.3 is 0 Å². The lowest BCUT2D eigenvalue weighted by Crippen LogP contribution is -2.35. The zero-order chi connectivity index (χ0) is 15.5. The molecular formula is C17H28N2O2. The topological polar surface area (TPSA) is 41.6 Å². The van der Waals surface area contributed by atoms with Crippen molar-refractivity contribution in [2.75, 3.05) is 39.9 Å². The van der Waals surface area contributed by atoms with E-state index in [4.69, 9.17) is 4.74 Å². The smallest absolute Gasteiger partial charge is 0.150 e. The van der Waals surface area contributed by atoms with Crippen molar-refractivity contribution in [1.82, 2.24) is 10.2 Å². The maximum Gasteiger partial charge on any atom is 0.150 e. The van der Waals surface area contributed by atoms with Gasteiger partial charge in [-0.25, -0.2) is 0 Å². The number of hydrogen-bond acceptors (Lipinski definition) is 4. The number of aldehydes is 1. The van der Waals surface area contributed by atoms with Crippen molar-refractivity contribution in [2.24, 2.45) is 0 Å². The third kappa shape index (κ3) is 6.85. The summed E-state index contributed by atoms with van der Waals surface area (Å²) in [7, 11) is 1.96. The Morgan fingerprint density at radius 2 is 2.05 bits per heavy atom. The molecule has 1 heterocycles. The van der Waals surface area contributed by atoms with Gasteiger partial charge in [0.15, 0.2) is 0 Å². The SMILES string of the molecule is CCCNC.Cc1ccc(CN2CCOCC2)cc1C=O. The third-order valence-electron chi connectivity index (χ3n) is 3.48. The largest absolute Gasteiger partial charge is 0.379 e. The highest BCUT2D eigenvalue weighted by molar-refractivity contribution is 5.77. The van der Waals surface area contributed by atoms with Crippen LogP contribution >= 0.6 is 0 Å². The lowest BCUT2D eigenvalue weighted by Gasteiger charge is -2.26. The van der Waals surface area contributed by atoms with Crippen LogP contribution in [-0.2, 0) is 11.3 Å². The summed E-state index contributed by atoms with van der Waals surface area (Å²) in [5.74, 6) is 0. The van der Waals surface area contributed by atoms with Crippen molar-refractivity contribution in [3.05, 3.63) is 34.9 Å². The van der Waals surface area contributed by atoms with Gasteiger partial charge in [0, 0.05) is 25.2 Å². The van der Waals surface area contributed by atoms with E-state index in [1.807, 2.05) is 26.1 Å². The molecule has 0 saturated carbocycles. The summed E-state index contributed by atoms with van der Waals surface area (Å²) in [6.07, 6.45) is 2.16. The Hall–Kier alpha value is -1.23. The highest BCUT2D eigenvalue weighted by atomic mass is 16.5. The number of hydrogen-bond donors (Lipinski definition) is 1. The number of carbonyl (C=O) groups excluding carboxylic acids is 1. The molecule has 1 N–H and O–H groups in total. The number of morpholine rings is 1. The monoisotopic (exact) mass is 292 g/mol. The Morgan fingerprint density at radius 3 is 2.57 bits per heavy atom. The average Bonchev–Trinajstić information content (AvgIpc) is 2.52. The normalized spacial score (nSPS) is 15.2. The van der Waals surface area contributed by atoms with Crippen molar-refractivity contribution >= 4 is 6.29 Å². The number of carbonyl (C=O) groups is 1. The number of nitrogens with one attached hydrogen (secondary N) is 1. The van der Waals surface area contributed by atoms with Crippen LogP contribution in [0.25, 0.3) is 0 Å². The predicted molar refractivity (Wildman–Crippen MR) is 86.9 cm³/mol. The fraction of sp³-hybridized carbons (Fsp3) is 0.588. The van der Waals surface area contributed by atoms with Gasteiger partial charge in [-0.2, -0.15) is 0 Å². The molecule has 0 unspecified atom stereocenters. The molecule has 1 aliphatic rings. The number of ether oxygens (including phenoxy) is 1. The molecule has 4 nitrogen and oxygen atoms in total. The van der Waals surface area contributed by atoms with Crippen LogP contribution in [0.4, 0.5) is 0 Å². The van der Waals surface area contributed by atoms with E-state index >= 15 is 0 Å². The van der Waals surface area contributed by atoms with Gasteiger partial charge in [-0.05, 0) is 44.1 Å². The molecular weight excluding hydrogens is 264 g/mol. The fourth-order valence-corrected chi connectivity index (χ4v) is 2.18. The summed E-state index contributed by atoms with van der Waals surface area (Å²) in [6.45, 7) is 9.73. The molecule has 1 aliphatic heterocycles. The predicted octanol–water partition coefficient (Wildman–Crippen LogP) is 2.26. The maximum absolute atomic E-state index is 10.8. The van der Waals surface area contributed by atoms with Crippen molar-refractivity contribution < 1.29 is 9.53 Å². The van der Waals surface area contributed by atoms with Crippen molar-refractivity contribution in [1.29, 1.82) is 0 Å². The number of nitrogens with zero attached hydrogens (tertiary/aromatic N) is 1. The lowest BCUT2D eigenvalue weighted by molar-refractivity contribution is 0.0342. The third-order valence-corrected chi connectivity index (χ3v) is 3.48. The van der Waals surface area contributed by atoms with Crippen LogP contribution in [0.15, 0.2) is 18.2 Å². The molecule has 0 spiro atoms. The first-order valence-corrected chi connectivity index (χ1v) is 7.70. The van der Waals surface area contributed by atoms with Gasteiger partial charge in [0.2, 0.25) is 0 Å². The van der Waals surface area contributed by atoms with E-state index in [0.29, 0.717) is 0 Å². The van der Waals surface area contributed by atoms with Crippen LogP contribution in [0, 0.1) is 6.92 Å². The first-order valence-electron chi connectivity index (χ1n) is 7.70. The Labute approximate surface area is 128 Å². The van der Waals surface area contributed by atoms with Crippen LogP contribution in [-0.4, -0.2) is 51.1 Å². The Balaban J connectivity index is 0.000000383. The van der Waals surface area contributed by atoms with Gasteiger partial charge in [-0.3, -0.25) is 9.69 Å². The van der Waals surface area contributed by atoms with Crippen LogP contribution in [0.5, 0.6) is 0 Å². The standard InChI is InChI=1S/C13H17NO2.C4H11N/c1-11-2-3-12(8-13(11)10-15)9-14-4-6-16-7-5-14;1-3-4-5-2/h2-3,8,10H,4-7,9H2,1H3;5H,3-4H2,1-2H3. The molecule has 0 aromatic heterocycles. The van der Waals surface area contributed by atoms with Crippen LogP contribution in [0.3, 0.4) is 0 Å². The van der Waals surface area contributed by atoms with Crippen molar-refractivity contribution in [2.45, 2.75) is 26.8 Å². The number of benzene rings is 1. The van der Waals surface area contributed by atoms with Crippen LogP contribution < -0.4 is 5.32 Å². The quantitative estimate of drug-likeness (QED) is 0.845. The van der Waals surface area contributed by atoms with E-state index < -0.39 is 0 Å². The van der Waals surface area contributed by atoms with E-state index in [1.165, 1.54) is 12.0 Å². The highest BCUT2D eigenvalue weighted by Gasteiger charge is 2.11. The Bertz CT molecular complexity index is 413. The van der Waals surface area contributed by atoms with Gasteiger partial charge in [-0.15, -0.1) is 0 Å². The second kappa shape index (κ2) is 10.5. The fourth-order valence-electron chi connectivity index (χ4n) is 2.18. The maximum atomic E-state index is 10.8. The second-order valence-electron chi connectivity index (χ2n) is 5.30. The van der Waals surface area contributed by atoms with E-state index in [2.05, 4.69) is 23.2 Å². The molecule has 0 atom stereocenters. The van der Waals surface area contributed by atoms with Crippen LogP contribution in [0.1, 0.15) is 34.8 Å². The first-order chi connectivity index (χ1) is 10.2. The molecule has 1 fully saturated rings. The molecule has 2 rings (SSSR count). The van der Waals surface area contributed by atoms with Crippen molar-refractivity contribution in [3.8, 4) is 0 Å². The summed E-state index contributed by atoms with van der Waals surface area (Å²) < 4.78 is 5.30.